The molecule has 0 atom stereocenters. The highest BCUT2D eigenvalue weighted by molar-refractivity contribution is 5.64. The summed E-state index contributed by atoms with van der Waals surface area (Å²) < 4.78 is 6.87. The van der Waals surface area contributed by atoms with E-state index in [0.29, 0.717) is 5.92 Å². The molecule has 0 bridgehead atoms. The number of benzene rings is 2. The van der Waals surface area contributed by atoms with Crippen LogP contribution in [0.15, 0.2) is 54.6 Å². The SMILES string of the molecule is COc1ccc(-c2cc([O])nn2-c2ccc(C(C)C)cc2)cc1. The van der Waals surface area contributed by atoms with Gasteiger partial charge in [0.15, 0.2) is 0 Å². The Hall–Kier alpha value is -2.75. The summed E-state index contributed by atoms with van der Waals surface area (Å²) in [5.41, 5.74) is 3.83. The van der Waals surface area contributed by atoms with Crippen molar-refractivity contribution in [3.63, 3.8) is 0 Å². The highest BCUT2D eigenvalue weighted by atomic mass is 16.5. The van der Waals surface area contributed by atoms with E-state index in [2.05, 4.69) is 31.1 Å². The molecular weight excluding hydrogens is 288 g/mol. The summed E-state index contributed by atoms with van der Waals surface area (Å²) in [5, 5.41) is 15.9. The van der Waals surface area contributed by atoms with Crippen molar-refractivity contribution >= 4 is 0 Å². The summed E-state index contributed by atoms with van der Waals surface area (Å²) >= 11 is 0. The predicted molar refractivity (Wildman–Crippen MR) is 89.8 cm³/mol. The molecule has 1 radical (unpaired) electrons. The van der Waals surface area contributed by atoms with E-state index in [-0.39, 0.29) is 5.88 Å². The fourth-order valence-corrected chi connectivity index (χ4v) is 2.52. The van der Waals surface area contributed by atoms with Gasteiger partial charge in [-0.2, -0.15) is 0 Å². The summed E-state index contributed by atoms with van der Waals surface area (Å²) in [6.07, 6.45) is 0. The van der Waals surface area contributed by atoms with Crippen molar-refractivity contribution in [3.05, 3.63) is 60.2 Å². The van der Waals surface area contributed by atoms with Crippen LogP contribution in [0.25, 0.3) is 16.9 Å². The molecule has 4 heteroatoms. The van der Waals surface area contributed by atoms with E-state index in [1.54, 1.807) is 17.9 Å². The van der Waals surface area contributed by atoms with Crippen LogP contribution in [-0.4, -0.2) is 16.9 Å². The molecule has 0 saturated carbocycles. The molecule has 3 aromatic rings. The molecule has 0 aliphatic rings. The Morgan fingerprint density at radius 2 is 1.65 bits per heavy atom. The van der Waals surface area contributed by atoms with Crippen LogP contribution in [0.2, 0.25) is 0 Å². The summed E-state index contributed by atoms with van der Waals surface area (Å²) in [6.45, 7) is 4.31. The first-order valence-electron chi connectivity index (χ1n) is 7.60. The fourth-order valence-electron chi connectivity index (χ4n) is 2.52. The summed E-state index contributed by atoms with van der Waals surface area (Å²) in [7, 11) is 1.63. The first kappa shape index (κ1) is 15.2. The number of nitrogens with zero attached hydrogens (tertiary/aromatic N) is 2. The summed E-state index contributed by atoms with van der Waals surface area (Å²) in [4.78, 5) is 0. The lowest BCUT2D eigenvalue weighted by molar-refractivity contribution is 0.334. The van der Waals surface area contributed by atoms with Gasteiger partial charge in [-0.25, -0.2) is 4.68 Å². The first-order valence-corrected chi connectivity index (χ1v) is 7.60. The number of hydrogen-bond donors (Lipinski definition) is 0. The monoisotopic (exact) mass is 307 g/mol. The standard InChI is InChI=1S/C19H19N2O2/c1-13(2)14-4-8-16(9-5-14)21-18(12-19(22)20-21)15-6-10-17(23-3)11-7-15/h4-13H,1-3H3. The first-order chi connectivity index (χ1) is 11.1. The number of ether oxygens (including phenoxy) is 1. The highest BCUT2D eigenvalue weighted by Gasteiger charge is 2.12. The zero-order valence-electron chi connectivity index (χ0n) is 13.5. The molecule has 0 saturated heterocycles. The molecule has 0 aliphatic heterocycles. The number of methoxy groups -OCH3 is 1. The van der Waals surface area contributed by atoms with E-state index in [1.165, 1.54) is 5.56 Å². The van der Waals surface area contributed by atoms with Crippen molar-refractivity contribution in [2.24, 2.45) is 0 Å². The Morgan fingerprint density at radius 3 is 2.22 bits per heavy atom. The molecule has 0 amide bonds. The van der Waals surface area contributed by atoms with Gasteiger partial charge in [-0.15, -0.1) is 5.10 Å². The molecule has 117 valence electrons. The van der Waals surface area contributed by atoms with Crippen molar-refractivity contribution in [2.45, 2.75) is 19.8 Å². The minimum Gasteiger partial charge on any atom is -0.497 e. The second-order valence-corrected chi connectivity index (χ2v) is 5.75. The van der Waals surface area contributed by atoms with Gasteiger partial charge >= 0.3 is 0 Å². The van der Waals surface area contributed by atoms with Crippen LogP contribution in [0.1, 0.15) is 25.3 Å². The van der Waals surface area contributed by atoms with Crippen LogP contribution >= 0.6 is 0 Å². The van der Waals surface area contributed by atoms with Gasteiger partial charge in [-0.05, 0) is 47.9 Å². The molecule has 2 aromatic carbocycles. The van der Waals surface area contributed by atoms with E-state index >= 15 is 0 Å². The third kappa shape index (κ3) is 3.06. The zero-order valence-corrected chi connectivity index (χ0v) is 13.5. The molecule has 1 heterocycles. The van der Waals surface area contributed by atoms with Crippen molar-refractivity contribution < 1.29 is 9.84 Å². The Morgan fingerprint density at radius 1 is 1.00 bits per heavy atom. The Bertz CT molecular complexity index is 787. The van der Waals surface area contributed by atoms with Gasteiger partial charge in [0.1, 0.15) is 5.75 Å². The van der Waals surface area contributed by atoms with Crippen LogP contribution in [0, 0.1) is 0 Å². The predicted octanol–water partition coefficient (Wildman–Crippen LogP) is 4.82. The van der Waals surface area contributed by atoms with Gasteiger partial charge in [-0.3, -0.25) is 5.11 Å². The average molecular weight is 307 g/mol. The minimum atomic E-state index is -0.247. The molecule has 0 N–H and O–H groups in total. The minimum absolute atomic E-state index is 0.247. The molecular formula is C19H19N2O2. The van der Waals surface area contributed by atoms with E-state index < -0.39 is 0 Å². The number of hydrogen-bond acceptors (Lipinski definition) is 2. The van der Waals surface area contributed by atoms with Crippen molar-refractivity contribution in [3.8, 4) is 28.6 Å². The van der Waals surface area contributed by atoms with Gasteiger partial charge in [0.2, 0.25) is 0 Å². The quantitative estimate of drug-likeness (QED) is 0.694. The van der Waals surface area contributed by atoms with Crippen molar-refractivity contribution in [2.75, 3.05) is 7.11 Å². The van der Waals surface area contributed by atoms with Crippen LogP contribution in [0.3, 0.4) is 0 Å². The molecule has 23 heavy (non-hydrogen) atoms. The second kappa shape index (κ2) is 6.16. The van der Waals surface area contributed by atoms with Crippen molar-refractivity contribution in [1.29, 1.82) is 0 Å². The third-order valence-corrected chi connectivity index (χ3v) is 3.88. The summed E-state index contributed by atoms with van der Waals surface area (Å²) in [5.74, 6) is 1.00. The van der Waals surface area contributed by atoms with Crippen LogP contribution in [0.4, 0.5) is 0 Å². The Balaban J connectivity index is 2.02. The second-order valence-electron chi connectivity index (χ2n) is 5.75. The van der Waals surface area contributed by atoms with Gasteiger partial charge in [0, 0.05) is 11.6 Å². The summed E-state index contributed by atoms with van der Waals surface area (Å²) in [6, 6.07) is 17.3. The zero-order chi connectivity index (χ0) is 16.4. The van der Waals surface area contributed by atoms with Gasteiger partial charge in [0.25, 0.3) is 5.88 Å². The molecule has 0 spiro atoms. The van der Waals surface area contributed by atoms with Crippen LogP contribution in [0.5, 0.6) is 11.6 Å². The maximum absolute atomic E-state index is 11.8. The molecule has 0 aliphatic carbocycles. The van der Waals surface area contributed by atoms with Crippen molar-refractivity contribution in [1.82, 2.24) is 9.78 Å². The number of aromatic nitrogens is 2. The molecule has 1 aromatic heterocycles. The topological polar surface area (TPSA) is 46.9 Å². The van der Waals surface area contributed by atoms with Crippen LogP contribution in [-0.2, 0) is 5.11 Å². The Labute approximate surface area is 136 Å². The Kier molecular flexibility index (Phi) is 4.06. The van der Waals surface area contributed by atoms with E-state index in [0.717, 1.165) is 22.7 Å². The maximum atomic E-state index is 11.8. The fraction of sp³-hybridized carbons (Fsp3) is 0.211. The van der Waals surface area contributed by atoms with E-state index in [1.807, 2.05) is 36.4 Å². The molecule has 0 fully saturated rings. The lowest BCUT2D eigenvalue weighted by Gasteiger charge is -2.10. The molecule has 0 unspecified atom stereocenters. The van der Waals surface area contributed by atoms with Gasteiger partial charge in [-0.1, -0.05) is 26.0 Å². The van der Waals surface area contributed by atoms with Gasteiger partial charge < -0.3 is 4.74 Å². The normalized spacial score (nSPS) is 11.0. The van der Waals surface area contributed by atoms with Crippen LogP contribution < -0.4 is 4.74 Å². The number of rotatable bonds is 4. The lowest BCUT2D eigenvalue weighted by atomic mass is 10.0. The average Bonchev–Trinajstić information content (AvgIpc) is 2.97. The van der Waals surface area contributed by atoms with E-state index in [9.17, 15) is 5.11 Å². The third-order valence-electron chi connectivity index (χ3n) is 3.88. The lowest BCUT2D eigenvalue weighted by Crippen LogP contribution is -1.99. The maximum Gasteiger partial charge on any atom is 0.288 e. The molecule has 3 rings (SSSR count). The highest BCUT2D eigenvalue weighted by Crippen LogP contribution is 2.28. The van der Waals surface area contributed by atoms with Gasteiger partial charge in [0.05, 0.1) is 18.5 Å². The van der Waals surface area contributed by atoms with E-state index in [4.69, 9.17) is 4.74 Å². The smallest absolute Gasteiger partial charge is 0.288 e. The molecule has 4 nitrogen and oxygen atoms in total. The largest absolute Gasteiger partial charge is 0.497 e.